The number of carbonyl (C=O) groups is 1. The zero-order valence-corrected chi connectivity index (χ0v) is 20.2. The van der Waals surface area contributed by atoms with Crippen molar-refractivity contribution in [2.75, 3.05) is 12.4 Å². The fraction of sp³-hybridized carbons (Fsp3) is 0.320. The number of benzene rings is 2. The maximum atomic E-state index is 14.0. The van der Waals surface area contributed by atoms with Crippen molar-refractivity contribution < 1.29 is 18.7 Å². The molecule has 1 amide bonds. The lowest BCUT2D eigenvalue weighted by Crippen LogP contribution is -2.33. The van der Waals surface area contributed by atoms with Gasteiger partial charge in [-0.2, -0.15) is 4.98 Å². The Morgan fingerprint density at radius 2 is 1.97 bits per heavy atom. The maximum Gasteiger partial charge on any atom is 0.279 e. The highest BCUT2D eigenvalue weighted by Gasteiger charge is 2.32. The molecule has 0 radical (unpaired) electrons. The van der Waals surface area contributed by atoms with Crippen LogP contribution in [0, 0.1) is 5.82 Å². The second-order valence-electron chi connectivity index (χ2n) is 8.28. The monoisotopic (exact) mass is 483 g/mol. The van der Waals surface area contributed by atoms with E-state index in [1.54, 1.807) is 49.1 Å². The number of amides is 1. The molecule has 1 aliphatic rings. The third kappa shape index (κ3) is 4.79. The third-order valence-corrected chi connectivity index (χ3v) is 6.65. The van der Waals surface area contributed by atoms with E-state index in [1.807, 2.05) is 19.9 Å². The van der Waals surface area contributed by atoms with Crippen molar-refractivity contribution >= 4 is 23.5 Å². The van der Waals surface area contributed by atoms with Crippen molar-refractivity contribution in [3.63, 3.8) is 0 Å². The molecule has 0 spiro atoms. The molecule has 178 valence electrons. The minimum absolute atomic E-state index is 0.0299. The van der Waals surface area contributed by atoms with Crippen LogP contribution in [0.15, 0.2) is 52.4 Å². The number of ether oxygens (including phenoxy) is 2. The van der Waals surface area contributed by atoms with E-state index in [0.717, 1.165) is 5.56 Å². The minimum Gasteiger partial charge on any atom is -0.493 e. The maximum absolute atomic E-state index is 14.0. The van der Waals surface area contributed by atoms with E-state index in [-0.39, 0.29) is 24.2 Å². The van der Waals surface area contributed by atoms with Crippen LogP contribution < -0.4 is 20.3 Å². The van der Waals surface area contributed by atoms with Gasteiger partial charge < -0.3 is 19.4 Å². The number of aromatic nitrogens is 2. The van der Waals surface area contributed by atoms with Crippen LogP contribution in [-0.2, 0) is 17.6 Å². The molecular weight excluding hydrogens is 457 g/mol. The van der Waals surface area contributed by atoms with Crippen molar-refractivity contribution in [3.05, 3.63) is 75.3 Å². The smallest absolute Gasteiger partial charge is 0.279 e. The molecule has 1 N–H and O–H groups in total. The zero-order chi connectivity index (χ0) is 24.4. The number of anilines is 1. The molecule has 7 nitrogen and oxygen atoms in total. The van der Waals surface area contributed by atoms with Crippen LogP contribution in [0.4, 0.5) is 10.2 Å². The van der Waals surface area contributed by atoms with Crippen molar-refractivity contribution in [1.29, 1.82) is 0 Å². The number of carbonyl (C=O) groups excluding carboxylic acids is 1. The molecule has 0 fully saturated rings. The van der Waals surface area contributed by atoms with Gasteiger partial charge in [-0.05, 0) is 43.2 Å². The number of hydrogen-bond acceptors (Lipinski definition) is 6. The molecule has 1 aromatic heterocycles. The second kappa shape index (κ2) is 9.89. The molecule has 3 aromatic rings. The lowest BCUT2D eigenvalue weighted by Gasteiger charge is -2.28. The lowest BCUT2D eigenvalue weighted by atomic mass is 9.86. The van der Waals surface area contributed by atoms with E-state index in [9.17, 15) is 14.0 Å². The molecule has 0 saturated heterocycles. The van der Waals surface area contributed by atoms with Gasteiger partial charge in [-0.1, -0.05) is 36.0 Å². The summed E-state index contributed by atoms with van der Waals surface area (Å²) in [6, 6.07) is 11.9. The Balaban J connectivity index is 1.71. The highest BCUT2D eigenvalue weighted by Crippen LogP contribution is 2.39. The Hall–Kier alpha value is -3.33. The van der Waals surface area contributed by atoms with Gasteiger partial charge in [-0.25, -0.2) is 4.39 Å². The Labute approximate surface area is 201 Å². The second-order valence-corrected chi connectivity index (χ2v) is 9.23. The number of nitrogens with zero attached hydrogens (tertiary/aromatic N) is 2. The fourth-order valence-corrected chi connectivity index (χ4v) is 4.91. The summed E-state index contributed by atoms with van der Waals surface area (Å²) >= 11 is 1.24. The summed E-state index contributed by atoms with van der Waals surface area (Å²) in [6.07, 6.45) is 0.0804. The molecule has 0 bridgehead atoms. The van der Waals surface area contributed by atoms with E-state index in [4.69, 9.17) is 9.47 Å². The molecule has 0 saturated carbocycles. The summed E-state index contributed by atoms with van der Waals surface area (Å²) in [5, 5.41) is 3.22. The Morgan fingerprint density at radius 3 is 2.68 bits per heavy atom. The first-order chi connectivity index (χ1) is 16.3. The van der Waals surface area contributed by atoms with E-state index in [2.05, 4.69) is 10.3 Å². The molecular formula is C25H26FN3O4S. The molecule has 0 unspecified atom stereocenters. The van der Waals surface area contributed by atoms with E-state index < -0.39 is 11.5 Å². The summed E-state index contributed by atoms with van der Waals surface area (Å²) in [4.78, 5) is 30.0. The molecule has 4 rings (SSSR count). The molecule has 9 heteroatoms. The summed E-state index contributed by atoms with van der Waals surface area (Å²) < 4.78 is 27.0. The number of rotatable bonds is 7. The van der Waals surface area contributed by atoms with Gasteiger partial charge in [0.1, 0.15) is 11.6 Å². The van der Waals surface area contributed by atoms with Crippen molar-refractivity contribution in [3.8, 4) is 11.5 Å². The number of thioether (sulfide) groups is 1. The van der Waals surface area contributed by atoms with Gasteiger partial charge in [0, 0.05) is 25.1 Å². The minimum atomic E-state index is -0.484. The van der Waals surface area contributed by atoms with Crippen LogP contribution in [0.2, 0.25) is 0 Å². The Morgan fingerprint density at radius 1 is 1.21 bits per heavy atom. The van der Waals surface area contributed by atoms with Crippen LogP contribution >= 0.6 is 11.8 Å². The largest absolute Gasteiger partial charge is 0.493 e. The van der Waals surface area contributed by atoms with E-state index in [0.29, 0.717) is 39.4 Å². The topological polar surface area (TPSA) is 82.5 Å². The van der Waals surface area contributed by atoms with Gasteiger partial charge in [0.05, 0.1) is 18.8 Å². The van der Waals surface area contributed by atoms with Gasteiger partial charge >= 0.3 is 0 Å². The normalized spacial score (nSPS) is 15.1. The van der Waals surface area contributed by atoms with Gasteiger partial charge in [0.25, 0.3) is 5.56 Å². The number of fused-ring (bicyclic) bond motifs is 1. The third-order valence-electron chi connectivity index (χ3n) is 5.57. The summed E-state index contributed by atoms with van der Waals surface area (Å²) in [5.74, 6) is 0.822. The summed E-state index contributed by atoms with van der Waals surface area (Å²) in [6.45, 7) is 3.85. The fourth-order valence-electron chi connectivity index (χ4n) is 3.96. The summed E-state index contributed by atoms with van der Waals surface area (Å²) in [5.41, 5.74) is 1.26. The van der Waals surface area contributed by atoms with Crippen molar-refractivity contribution in [1.82, 2.24) is 9.55 Å². The first-order valence-electron chi connectivity index (χ1n) is 10.9. The number of halogens is 1. The average molecular weight is 484 g/mol. The predicted molar refractivity (Wildman–Crippen MR) is 129 cm³/mol. The van der Waals surface area contributed by atoms with Gasteiger partial charge in [0.2, 0.25) is 5.91 Å². The molecule has 1 aliphatic heterocycles. The van der Waals surface area contributed by atoms with E-state index >= 15 is 0 Å². The lowest BCUT2D eigenvalue weighted by molar-refractivity contribution is -0.116. The predicted octanol–water partition coefficient (Wildman–Crippen LogP) is 4.48. The molecule has 0 aliphatic carbocycles. The first-order valence-corrected chi connectivity index (χ1v) is 11.9. The summed E-state index contributed by atoms with van der Waals surface area (Å²) in [7, 11) is 3.28. The van der Waals surface area contributed by atoms with E-state index in [1.165, 1.54) is 17.8 Å². The molecule has 34 heavy (non-hydrogen) atoms. The average Bonchev–Trinajstić information content (AvgIpc) is 2.80. The Kier molecular flexibility index (Phi) is 6.92. The first kappa shape index (κ1) is 23.8. The number of methoxy groups -OCH3 is 1. The van der Waals surface area contributed by atoms with Gasteiger partial charge in [-0.3, -0.25) is 9.59 Å². The highest BCUT2D eigenvalue weighted by molar-refractivity contribution is 7.98. The standard InChI is InChI=1S/C25H26FN3O4S/c1-14(2)33-19-10-9-15(11-20(19)32-4)17-12-21(30)27-23-22(17)24(31)28-25(29(23)3)34-13-16-7-5-6-8-18(16)26/h5-11,14,17H,12-13H2,1-4H3,(H,27,30)/t17-/m1/s1. The molecule has 2 heterocycles. The number of nitrogens with one attached hydrogen (secondary N) is 1. The van der Waals surface area contributed by atoms with Crippen LogP contribution in [0.5, 0.6) is 11.5 Å². The van der Waals surface area contributed by atoms with Crippen molar-refractivity contribution in [2.45, 2.75) is 43.2 Å². The van der Waals surface area contributed by atoms with Crippen molar-refractivity contribution in [2.24, 2.45) is 7.05 Å². The SMILES string of the molecule is COc1cc([C@H]2CC(=O)Nc3c2c(=O)nc(SCc2ccccc2F)n3C)ccc1OC(C)C. The zero-order valence-electron chi connectivity index (χ0n) is 19.4. The molecule has 2 aromatic carbocycles. The number of hydrogen-bond donors (Lipinski definition) is 1. The quantitative estimate of drug-likeness (QED) is 0.394. The van der Waals surface area contributed by atoms with Crippen LogP contribution in [0.3, 0.4) is 0 Å². The van der Waals surface area contributed by atoms with Gasteiger partial charge in [0.15, 0.2) is 16.7 Å². The van der Waals surface area contributed by atoms with Gasteiger partial charge in [-0.15, -0.1) is 0 Å². The van der Waals surface area contributed by atoms with Crippen LogP contribution in [-0.4, -0.2) is 28.7 Å². The molecule has 1 atom stereocenters. The van der Waals surface area contributed by atoms with Crippen LogP contribution in [0.1, 0.15) is 42.9 Å². The highest BCUT2D eigenvalue weighted by atomic mass is 32.2. The van der Waals surface area contributed by atoms with Crippen LogP contribution in [0.25, 0.3) is 0 Å². The Bertz CT molecular complexity index is 1290.